The van der Waals surface area contributed by atoms with Crippen LogP contribution in [0.15, 0.2) is 0 Å². The van der Waals surface area contributed by atoms with E-state index < -0.39 is 6.09 Å². The molecule has 0 aliphatic heterocycles. The van der Waals surface area contributed by atoms with Crippen LogP contribution < -0.4 is 40.0 Å². The molecule has 0 fully saturated rings. The van der Waals surface area contributed by atoms with E-state index in [0.29, 0.717) is 0 Å². The number of hydrogen-bond donors (Lipinski definition) is 1. The van der Waals surface area contributed by atoms with Crippen LogP contribution in [0.1, 0.15) is 13.8 Å². The minimum Gasteiger partial charge on any atom is -0.530 e. The fourth-order valence-electron chi connectivity index (χ4n) is 0.236. The van der Waals surface area contributed by atoms with Crippen molar-refractivity contribution in [1.29, 1.82) is 0 Å². The van der Waals surface area contributed by atoms with Crippen LogP contribution in [-0.2, 0) is 0 Å². The summed E-state index contributed by atoms with van der Waals surface area (Å²) in [6.45, 7) is 3.46. The average molecular weight is 125 g/mol. The van der Waals surface area contributed by atoms with Crippen molar-refractivity contribution < 1.29 is 39.5 Å². The first kappa shape index (κ1) is 11.1. The zero-order valence-electron chi connectivity index (χ0n) is 5.39. The Hall–Kier alpha value is 0.270. The maximum atomic E-state index is 9.59. The molecule has 0 saturated carbocycles. The van der Waals surface area contributed by atoms with Gasteiger partial charge >= 0.3 is 29.6 Å². The van der Waals surface area contributed by atoms with E-state index in [1.54, 1.807) is 13.8 Å². The summed E-state index contributed by atoms with van der Waals surface area (Å²) >= 11 is 0. The van der Waals surface area contributed by atoms with Gasteiger partial charge in [-0.05, 0) is 13.8 Å². The number of amides is 1. The molecule has 8 heavy (non-hydrogen) atoms. The van der Waals surface area contributed by atoms with Crippen LogP contribution in [0.25, 0.3) is 0 Å². The number of rotatable bonds is 1. The molecule has 0 spiro atoms. The van der Waals surface area contributed by atoms with E-state index in [1.807, 2.05) is 0 Å². The van der Waals surface area contributed by atoms with Gasteiger partial charge in [-0.3, -0.25) is 0 Å². The monoisotopic (exact) mass is 125 g/mol. The van der Waals surface area contributed by atoms with E-state index in [4.69, 9.17) is 0 Å². The van der Waals surface area contributed by atoms with Crippen LogP contribution in [0.5, 0.6) is 0 Å². The maximum absolute atomic E-state index is 9.59. The summed E-state index contributed by atoms with van der Waals surface area (Å²) < 4.78 is 0. The van der Waals surface area contributed by atoms with Crippen molar-refractivity contribution in [3.8, 4) is 0 Å². The Morgan fingerprint density at radius 3 is 2.00 bits per heavy atom. The molecule has 1 N–H and O–H groups in total. The maximum Gasteiger partial charge on any atom is 1.00 e. The van der Waals surface area contributed by atoms with Crippen LogP contribution in [0, 0.1) is 0 Å². The minimum absolute atomic E-state index is 0. The Balaban J connectivity index is 0. The molecule has 0 rings (SSSR count). The predicted octanol–water partition coefficient (Wildman–Crippen LogP) is -3.67. The summed E-state index contributed by atoms with van der Waals surface area (Å²) in [5.74, 6) is 0. The SMILES string of the molecule is CC(C)NC(=O)[O-].[Na+]. The summed E-state index contributed by atoms with van der Waals surface area (Å²) in [4.78, 5) is 9.59. The van der Waals surface area contributed by atoms with E-state index in [2.05, 4.69) is 5.32 Å². The second-order valence-corrected chi connectivity index (χ2v) is 1.59. The van der Waals surface area contributed by atoms with Crippen molar-refractivity contribution in [2.75, 3.05) is 0 Å². The van der Waals surface area contributed by atoms with E-state index in [1.165, 1.54) is 0 Å². The van der Waals surface area contributed by atoms with Gasteiger partial charge in [-0.1, -0.05) is 0 Å². The van der Waals surface area contributed by atoms with Crippen molar-refractivity contribution in [3.63, 3.8) is 0 Å². The van der Waals surface area contributed by atoms with Gasteiger partial charge in [0, 0.05) is 6.04 Å². The predicted molar refractivity (Wildman–Crippen MR) is 23.7 cm³/mol. The Morgan fingerprint density at radius 2 is 2.00 bits per heavy atom. The van der Waals surface area contributed by atoms with E-state index >= 15 is 0 Å². The number of hydrogen-bond acceptors (Lipinski definition) is 2. The first-order valence-corrected chi connectivity index (χ1v) is 2.10. The third-order valence-electron chi connectivity index (χ3n) is 0.407. The smallest absolute Gasteiger partial charge is 0.530 e. The van der Waals surface area contributed by atoms with Crippen LogP contribution in [-0.4, -0.2) is 12.1 Å². The van der Waals surface area contributed by atoms with Crippen LogP contribution in [0.4, 0.5) is 4.79 Å². The van der Waals surface area contributed by atoms with Gasteiger partial charge in [0.2, 0.25) is 0 Å². The largest absolute Gasteiger partial charge is 1.00 e. The van der Waals surface area contributed by atoms with Crippen molar-refractivity contribution in [2.45, 2.75) is 19.9 Å². The number of carbonyl (C=O) groups excluding carboxylic acids is 1. The molecular weight excluding hydrogens is 117 g/mol. The number of carboxylic acid groups (broad SMARTS) is 1. The summed E-state index contributed by atoms with van der Waals surface area (Å²) in [6.07, 6.45) is -1.21. The molecule has 4 heteroatoms. The molecule has 0 aromatic rings. The molecule has 42 valence electrons. The summed E-state index contributed by atoms with van der Waals surface area (Å²) in [7, 11) is 0. The molecule has 3 nitrogen and oxygen atoms in total. The standard InChI is InChI=1S/C4H9NO2.Na/c1-3(2)5-4(6)7;/h3,5H,1-2H3,(H,6,7);/q;+1/p-1. The van der Waals surface area contributed by atoms with Crippen LogP contribution in [0.3, 0.4) is 0 Å². The molecular formula is C4H8NNaO2. The topological polar surface area (TPSA) is 52.2 Å². The van der Waals surface area contributed by atoms with E-state index in [0.717, 1.165) is 0 Å². The number of carbonyl (C=O) groups is 1. The summed E-state index contributed by atoms with van der Waals surface area (Å²) in [5, 5.41) is 11.7. The first-order valence-electron chi connectivity index (χ1n) is 2.10. The van der Waals surface area contributed by atoms with Gasteiger partial charge in [0.1, 0.15) is 6.09 Å². The molecule has 1 amide bonds. The molecule has 0 radical (unpaired) electrons. The second-order valence-electron chi connectivity index (χ2n) is 1.59. The molecule has 0 heterocycles. The molecule has 0 aliphatic rings. The van der Waals surface area contributed by atoms with Crippen molar-refractivity contribution in [1.82, 2.24) is 5.32 Å². The van der Waals surface area contributed by atoms with Gasteiger partial charge in [-0.15, -0.1) is 0 Å². The molecule has 0 saturated heterocycles. The van der Waals surface area contributed by atoms with Gasteiger partial charge in [0.05, 0.1) is 0 Å². The zero-order valence-corrected chi connectivity index (χ0v) is 7.39. The number of nitrogens with one attached hydrogen (secondary N) is 1. The van der Waals surface area contributed by atoms with Gasteiger partial charge < -0.3 is 15.2 Å². The normalized spacial score (nSPS) is 7.88. The Kier molecular flexibility index (Phi) is 7.52. The molecule has 0 aliphatic carbocycles. The summed E-state index contributed by atoms with van der Waals surface area (Å²) in [6, 6.07) is -0.0370. The molecule has 0 aromatic heterocycles. The fraction of sp³-hybridized carbons (Fsp3) is 0.750. The quantitative estimate of drug-likeness (QED) is 0.367. The van der Waals surface area contributed by atoms with Crippen LogP contribution in [0.2, 0.25) is 0 Å². The first-order chi connectivity index (χ1) is 3.13. The van der Waals surface area contributed by atoms with Crippen molar-refractivity contribution in [2.24, 2.45) is 0 Å². The molecule has 0 aromatic carbocycles. The van der Waals surface area contributed by atoms with Gasteiger partial charge in [0.15, 0.2) is 0 Å². The fourth-order valence-corrected chi connectivity index (χ4v) is 0.236. The minimum atomic E-state index is -1.21. The average Bonchev–Trinajstić information content (AvgIpc) is 1.27. The molecule has 0 bridgehead atoms. The Labute approximate surface area is 70.8 Å². The zero-order chi connectivity index (χ0) is 5.86. The van der Waals surface area contributed by atoms with Crippen LogP contribution >= 0.6 is 0 Å². The Morgan fingerprint density at radius 1 is 1.62 bits per heavy atom. The van der Waals surface area contributed by atoms with E-state index in [9.17, 15) is 9.90 Å². The molecule has 0 atom stereocenters. The third-order valence-corrected chi connectivity index (χ3v) is 0.407. The van der Waals surface area contributed by atoms with Gasteiger partial charge in [-0.25, -0.2) is 0 Å². The van der Waals surface area contributed by atoms with Crippen molar-refractivity contribution >= 4 is 6.09 Å². The molecule has 0 unspecified atom stereocenters. The Bertz CT molecular complexity index is 74.4. The van der Waals surface area contributed by atoms with E-state index in [-0.39, 0.29) is 35.6 Å². The third kappa shape index (κ3) is 9.55. The second kappa shape index (κ2) is 5.41. The summed E-state index contributed by atoms with van der Waals surface area (Å²) in [5.41, 5.74) is 0. The van der Waals surface area contributed by atoms with Gasteiger partial charge in [0.25, 0.3) is 0 Å². The van der Waals surface area contributed by atoms with Gasteiger partial charge in [-0.2, -0.15) is 0 Å². The van der Waals surface area contributed by atoms with Crippen molar-refractivity contribution in [3.05, 3.63) is 0 Å².